The minimum Gasteiger partial charge on any atom is -0.394 e. The van der Waals surface area contributed by atoms with Crippen molar-refractivity contribution in [3.63, 3.8) is 0 Å². The van der Waals surface area contributed by atoms with Crippen molar-refractivity contribution in [3.8, 4) is 0 Å². The lowest BCUT2D eigenvalue weighted by Gasteiger charge is -2.31. The van der Waals surface area contributed by atoms with Gasteiger partial charge in [-0.2, -0.15) is 0 Å². The zero-order valence-corrected chi connectivity index (χ0v) is 14.4. The molecule has 0 saturated heterocycles. The molecule has 0 aliphatic heterocycles. The molecule has 3 nitrogen and oxygen atoms in total. The first kappa shape index (κ1) is 18.5. The number of ether oxygens (including phenoxy) is 2. The Morgan fingerprint density at radius 1 is 1.20 bits per heavy atom. The minimum atomic E-state index is 0.305. The predicted molar refractivity (Wildman–Crippen MR) is 89.4 cm³/mol. The molecule has 0 aromatic heterocycles. The fourth-order valence-electron chi connectivity index (χ4n) is 2.93. The summed E-state index contributed by atoms with van der Waals surface area (Å²) in [6.07, 6.45) is 6.63. The molecule has 4 atom stereocenters. The van der Waals surface area contributed by atoms with Crippen LogP contribution in [0.5, 0.6) is 0 Å². The molecule has 1 rings (SSSR count). The lowest BCUT2D eigenvalue weighted by atomic mass is 9.33. The molecule has 4 unspecified atom stereocenters. The van der Waals surface area contributed by atoms with Crippen LogP contribution in [-0.4, -0.2) is 46.8 Å². The summed E-state index contributed by atoms with van der Waals surface area (Å²) in [7, 11) is 8.58. The molecule has 0 amide bonds. The number of hydrogen-bond donors (Lipinski definition) is 0. The Bertz CT molecular complexity index is 244. The van der Waals surface area contributed by atoms with Gasteiger partial charge in [-0.3, -0.25) is 0 Å². The van der Waals surface area contributed by atoms with Gasteiger partial charge in [-0.25, -0.2) is 0 Å². The summed E-state index contributed by atoms with van der Waals surface area (Å²) in [5.41, 5.74) is 0. The van der Waals surface area contributed by atoms with Crippen molar-refractivity contribution in [1.82, 2.24) is 0 Å². The highest BCUT2D eigenvalue weighted by atomic mass is 31.0. The quantitative estimate of drug-likeness (QED) is 0.392. The van der Waals surface area contributed by atoms with Gasteiger partial charge in [0.25, 0.3) is 0 Å². The van der Waals surface area contributed by atoms with Crippen molar-refractivity contribution in [2.45, 2.75) is 64.0 Å². The molecular formula is C14H29B2O3P. The molecule has 0 N–H and O–H groups in total. The van der Waals surface area contributed by atoms with Crippen LogP contribution in [0, 0.1) is 5.92 Å². The van der Waals surface area contributed by atoms with Crippen molar-refractivity contribution in [1.29, 1.82) is 0 Å². The third-order valence-corrected chi connectivity index (χ3v) is 4.06. The fourth-order valence-corrected chi connectivity index (χ4v) is 3.21. The van der Waals surface area contributed by atoms with Crippen LogP contribution in [0.4, 0.5) is 0 Å². The Morgan fingerprint density at radius 2 is 1.95 bits per heavy atom. The van der Waals surface area contributed by atoms with Crippen molar-refractivity contribution >= 4 is 23.8 Å². The van der Waals surface area contributed by atoms with Gasteiger partial charge in [-0.15, -0.1) is 0 Å². The van der Waals surface area contributed by atoms with E-state index in [0.717, 1.165) is 19.4 Å². The zero-order chi connectivity index (χ0) is 14.8. The third kappa shape index (κ3) is 8.02. The number of hydrogen-bond acceptors (Lipinski definition) is 3. The average Bonchev–Trinajstić information content (AvgIpc) is 2.38. The summed E-state index contributed by atoms with van der Waals surface area (Å²) >= 11 is 0. The second-order valence-corrected chi connectivity index (χ2v) is 6.37. The fraction of sp³-hybridized carbons (Fsp3) is 1.00. The molecule has 20 heavy (non-hydrogen) atoms. The number of methoxy groups -OCH3 is 1. The summed E-state index contributed by atoms with van der Waals surface area (Å²) in [5.74, 6) is 1.26. The van der Waals surface area contributed by atoms with Crippen LogP contribution < -0.4 is 0 Å². The maximum absolute atomic E-state index is 6.07. The average molecular weight is 298 g/mol. The van der Waals surface area contributed by atoms with Gasteiger partial charge in [0.2, 0.25) is 0 Å². The molecule has 1 fully saturated rings. The topological polar surface area (TPSA) is 27.7 Å². The molecule has 114 valence electrons. The van der Waals surface area contributed by atoms with E-state index >= 15 is 0 Å². The molecule has 1 aliphatic rings. The second kappa shape index (κ2) is 11.1. The monoisotopic (exact) mass is 298 g/mol. The van der Waals surface area contributed by atoms with Crippen LogP contribution in [-0.2, 0) is 14.0 Å². The Hall–Kier alpha value is 0.440. The van der Waals surface area contributed by atoms with Crippen LogP contribution in [0.25, 0.3) is 0 Å². The standard InChI is InChI=1S/C14H29B2O3P/c1-11(2)19-14-7-6-13(16-15-10-17-3)5-4-12(8-14)9-18-20/h11-14H,4-10,20H2,1-3H3. The van der Waals surface area contributed by atoms with E-state index in [1.807, 2.05) is 0 Å². The summed E-state index contributed by atoms with van der Waals surface area (Å²) < 4.78 is 16.4. The van der Waals surface area contributed by atoms with E-state index in [1.54, 1.807) is 7.11 Å². The van der Waals surface area contributed by atoms with Gasteiger partial charge in [-0.05, 0) is 39.0 Å². The van der Waals surface area contributed by atoms with Crippen LogP contribution in [0.3, 0.4) is 0 Å². The number of rotatable bonds is 8. The molecule has 0 aromatic carbocycles. The molecule has 1 aliphatic carbocycles. The van der Waals surface area contributed by atoms with Gasteiger partial charge in [0.05, 0.1) is 26.0 Å². The van der Waals surface area contributed by atoms with E-state index in [2.05, 4.69) is 37.7 Å². The molecule has 2 radical (unpaired) electrons. The highest BCUT2D eigenvalue weighted by Crippen LogP contribution is 2.31. The first-order chi connectivity index (χ1) is 9.65. The summed E-state index contributed by atoms with van der Waals surface area (Å²) in [6, 6.07) is 0. The van der Waals surface area contributed by atoms with E-state index in [-0.39, 0.29) is 0 Å². The van der Waals surface area contributed by atoms with E-state index in [9.17, 15) is 0 Å². The van der Waals surface area contributed by atoms with Crippen molar-refractivity contribution in [2.24, 2.45) is 5.92 Å². The van der Waals surface area contributed by atoms with Crippen molar-refractivity contribution in [2.75, 3.05) is 20.2 Å². The molecule has 6 heteroatoms. The van der Waals surface area contributed by atoms with Gasteiger partial charge in [0, 0.05) is 23.1 Å². The van der Waals surface area contributed by atoms with Crippen LogP contribution in [0.1, 0.15) is 46.0 Å². The lowest BCUT2D eigenvalue weighted by Crippen LogP contribution is -2.27. The Kier molecular flexibility index (Phi) is 10.2. The Labute approximate surface area is 128 Å². The summed E-state index contributed by atoms with van der Waals surface area (Å²) in [5, 5.41) is 0. The van der Waals surface area contributed by atoms with E-state index in [1.165, 1.54) is 19.3 Å². The van der Waals surface area contributed by atoms with Crippen LogP contribution in [0.15, 0.2) is 0 Å². The largest absolute Gasteiger partial charge is 0.394 e. The smallest absolute Gasteiger partial charge is 0.101 e. The van der Waals surface area contributed by atoms with Gasteiger partial charge in [0.15, 0.2) is 0 Å². The highest BCUT2D eigenvalue weighted by Gasteiger charge is 2.24. The molecule has 0 aromatic rings. The van der Waals surface area contributed by atoms with Gasteiger partial charge >= 0.3 is 0 Å². The van der Waals surface area contributed by atoms with Crippen molar-refractivity contribution in [3.05, 3.63) is 0 Å². The van der Waals surface area contributed by atoms with E-state index < -0.39 is 0 Å². The first-order valence-electron chi connectivity index (χ1n) is 7.78. The minimum absolute atomic E-state index is 0.305. The molecule has 0 bridgehead atoms. The molecular weight excluding hydrogens is 269 g/mol. The molecule has 0 heterocycles. The molecule has 0 spiro atoms. The SMILES string of the molecule is COC[B][B]C1CCC(COP)CC(OC(C)C)CC1. The van der Waals surface area contributed by atoms with Gasteiger partial charge in [0.1, 0.15) is 7.17 Å². The maximum Gasteiger partial charge on any atom is 0.101 e. The molecule has 1 saturated carbocycles. The zero-order valence-electron chi connectivity index (χ0n) is 13.2. The van der Waals surface area contributed by atoms with Crippen LogP contribution >= 0.6 is 9.47 Å². The normalized spacial score (nSPS) is 27.9. The maximum atomic E-state index is 6.07. The Balaban J connectivity index is 2.46. The Morgan fingerprint density at radius 3 is 2.60 bits per heavy atom. The highest BCUT2D eigenvalue weighted by molar-refractivity contribution is 7.09. The first-order valence-corrected chi connectivity index (χ1v) is 8.25. The lowest BCUT2D eigenvalue weighted by molar-refractivity contribution is -0.0184. The summed E-state index contributed by atoms with van der Waals surface area (Å²) in [6.45, 7) is 5.77. The predicted octanol–water partition coefficient (Wildman–Crippen LogP) is 2.88. The summed E-state index contributed by atoms with van der Waals surface area (Å²) in [4.78, 5) is 0. The van der Waals surface area contributed by atoms with Crippen LogP contribution in [0.2, 0.25) is 5.82 Å². The van der Waals surface area contributed by atoms with Crippen molar-refractivity contribution < 1.29 is 14.0 Å². The van der Waals surface area contributed by atoms with E-state index in [4.69, 9.17) is 14.0 Å². The van der Waals surface area contributed by atoms with Gasteiger partial charge < -0.3 is 14.0 Å². The third-order valence-electron chi connectivity index (χ3n) is 3.87. The second-order valence-electron chi connectivity index (χ2n) is 6.04. The van der Waals surface area contributed by atoms with Gasteiger partial charge in [-0.1, -0.05) is 18.7 Å². The van der Waals surface area contributed by atoms with E-state index in [0.29, 0.717) is 30.4 Å².